The van der Waals surface area contributed by atoms with Gasteiger partial charge in [-0.05, 0) is 18.4 Å². The Kier molecular flexibility index (Phi) is 4.26. The third-order valence-electron chi connectivity index (χ3n) is 5.07. The fourth-order valence-electron chi connectivity index (χ4n) is 3.70. The van der Waals surface area contributed by atoms with Crippen LogP contribution in [-0.4, -0.2) is 19.5 Å². The smallest absolute Gasteiger partial charge is 0.328 e. The minimum atomic E-state index is -0.196. The van der Waals surface area contributed by atoms with E-state index < -0.39 is 0 Å². The number of H-pyrrole nitrogens is 1. The molecule has 0 saturated heterocycles. The number of aromatic amines is 1. The van der Waals surface area contributed by atoms with Crippen molar-refractivity contribution >= 4 is 17.0 Å². The van der Waals surface area contributed by atoms with E-state index >= 15 is 0 Å². The second kappa shape index (κ2) is 6.70. The molecule has 6 heteroatoms. The van der Waals surface area contributed by atoms with Gasteiger partial charge in [0, 0.05) is 5.92 Å². The number of nitrogens with two attached hydrogens (primary N) is 1. The summed E-state index contributed by atoms with van der Waals surface area (Å²) < 4.78 is 1.66. The lowest BCUT2D eigenvalue weighted by Gasteiger charge is -2.13. The number of rotatable bonds is 3. The molecular formula is C19H23N5O. The first kappa shape index (κ1) is 15.9. The molecule has 130 valence electrons. The Morgan fingerprint density at radius 2 is 1.80 bits per heavy atom. The van der Waals surface area contributed by atoms with Crippen molar-refractivity contribution in [2.75, 3.05) is 5.73 Å². The van der Waals surface area contributed by atoms with Crippen LogP contribution in [0.2, 0.25) is 0 Å². The molecule has 1 aliphatic carbocycles. The summed E-state index contributed by atoms with van der Waals surface area (Å²) in [6.45, 7) is 0.472. The Morgan fingerprint density at radius 3 is 2.52 bits per heavy atom. The lowest BCUT2D eigenvalue weighted by atomic mass is 9.99. The molecule has 1 aliphatic rings. The molecular weight excluding hydrogens is 314 g/mol. The van der Waals surface area contributed by atoms with Crippen molar-refractivity contribution in [3.05, 3.63) is 52.2 Å². The van der Waals surface area contributed by atoms with E-state index in [9.17, 15) is 4.79 Å². The van der Waals surface area contributed by atoms with Gasteiger partial charge >= 0.3 is 5.69 Å². The van der Waals surface area contributed by atoms with Crippen LogP contribution in [0.4, 0.5) is 5.82 Å². The molecule has 4 rings (SSSR count). The topological polar surface area (TPSA) is 89.6 Å². The van der Waals surface area contributed by atoms with Crippen LogP contribution in [0.25, 0.3) is 11.2 Å². The average Bonchev–Trinajstić information content (AvgIpc) is 2.81. The standard InChI is InChI=1S/C19H23N5O/c20-16-15-18(23-17(22-16)14-10-6-1-2-7-11-14)24(19(25)21-15)12-13-8-4-3-5-9-13/h3-5,8-9,14H,1-2,6-7,10-12H2,(H,21,25)(H2,20,22,23). The molecule has 0 aliphatic heterocycles. The predicted molar refractivity (Wildman–Crippen MR) is 98.5 cm³/mol. The normalized spacial score (nSPS) is 16.2. The van der Waals surface area contributed by atoms with Crippen LogP contribution < -0.4 is 11.4 Å². The van der Waals surface area contributed by atoms with Crippen molar-refractivity contribution in [1.29, 1.82) is 0 Å². The van der Waals surface area contributed by atoms with Crippen LogP contribution in [0.5, 0.6) is 0 Å². The average molecular weight is 337 g/mol. The molecule has 1 aromatic carbocycles. The van der Waals surface area contributed by atoms with E-state index in [1.807, 2.05) is 30.3 Å². The van der Waals surface area contributed by atoms with E-state index in [-0.39, 0.29) is 5.69 Å². The number of aromatic nitrogens is 4. The van der Waals surface area contributed by atoms with Gasteiger partial charge in [-0.1, -0.05) is 56.0 Å². The van der Waals surface area contributed by atoms with Gasteiger partial charge in [0.2, 0.25) is 0 Å². The molecule has 0 radical (unpaired) electrons. The Balaban J connectivity index is 1.78. The van der Waals surface area contributed by atoms with E-state index in [0.29, 0.717) is 29.4 Å². The molecule has 3 aromatic rings. The van der Waals surface area contributed by atoms with Crippen molar-refractivity contribution in [2.24, 2.45) is 0 Å². The van der Waals surface area contributed by atoms with Crippen LogP contribution in [-0.2, 0) is 6.54 Å². The summed E-state index contributed by atoms with van der Waals surface area (Å²) in [5.74, 6) is 1.49. The third-order valence-corrected chi connectivity index (χ3v) is 5.07. The van der Waals surface area contributed by atoms with E-state index in [1.165, 1.54) is 25.7 Å². The maximum Gasteiger partial charge on any atom is 0.328 e. The van der Waals surface area contributed by atoms with E-state index in [0.717, 1.165) is 24.2 Å². The lowest BCUT2D eigenvalue weighted by molar-refractivity contribution is 0.562. The van der Waals surface area contributed by atoms with Crippen LogP contribution in [0.15, 0.2) is 35.1 Å². The molecule has 0 amide bonds. The number of hydrogen-bond acceptors (Lipinski definition) is 4. The Labute approximate surface area is 146 Å². The maximum absolute atomic E-state index is 12.4. The van der Waals surface area contributed by atoms with Gasteiger partial charge in [-0.15, -0.1) is 0 Å². The van der Waals surface area contributed by atoms with Crippen LogP contribution in [0.3, 0.4) is 0 Å². The van der Waals surface area contributed by atoms with E-state index in [2.05, 4.69) is 9.97 Å². The summed E-state index contributed by atoms with van der Waals surface area (Å²) >= 11 is 0. The molecule has 0 spiro atoms. The molecule has 25 heavy (non-hydrogen) atoms. The zero-order valence-corrected chi connectivity index (χ0v) is 14.2. The summed E-state index contributed by atoms with van der Waals surface area (Å²) in [6, 6.07) is 9.90. The number of imidazole rings is 1. The minimum absolute atomic E-state index is 0.196. The van der Waals surface area contributed by atoms with E-state index in [1.54, 1.807) is 4.57 Å². The molecule has 0 atom stereocenters. The number of nitrogen functional groups attached to an aromatic ring is 1. The summed E-state index contributed by atoms with van der Waals surface area (Å²) in [5.41, 5.74) is 8.15. The second-order valence-corrected chi connectivity index (χ2v) is 6.86. The summed E-state index contributed by atoms with van der Waals surface area (Å²) in [7, 11) is 0. The van der Waals surface area contributed by atoms with Gasteiger partial charge in [0.05, 0.1) is 6.54 Å². The summed E-state index contributed by atoms with van der Waals surface area (Å²) in [5, 5.41) is 0. The zero-order valence-electron chi connectivity index (χ0n) is 14.2. The molecule has 6 nitrogen and oxygen atoms in total. The monoisotopic (exact) mass is 337 g/mol. The highest BCUT2D eigenvalue weighted by atomic mass is 16.1. The van der Waals surface area contributed by atoms with Crippen LogP contribution >= 0.6 is 0 Å². The van der Waals surface area contributed by atoms with Crippen molar-refractivity contribution < 1.29 is 0 Å². The van der Waals surface area contributed by atoms with Gasteiger partial charge in [0.15, 0.2) is 11.5 Å². The number of hydrogen-bond donors (Lipinski definition) is 2. The fourth-order valence-corrected chi connectivity index (χ4v) is 3.70. The maximum atomic E-state index is 12.4. The Bertz CT molecular complexity index is 920. The van der Waals surface area contributed by atoms with Gasteiger partial charge in [-0.2, -0.15) is 0 Å². The molecule has 1 fully saturated rings. The van der Waals surface area contributed by atoms with Crippen molar-refractivity contribution in [1.82, 2.24) is 19.5 Å². The second-order valence-electron chi connectivity index (χ2n) is 6.86. The number of benzene rings is 1. The van der Waals surface area contributed by atoms with Gasteiger partial charge in [-0.25, -0.2) is 14.8 Å². The number of nitrogens with one attached hydrogen (secondary N) is 1. The van der Waals surface area contributed by atoms with Crippen LogP contribution in [0, 0.1) is 0 Å². The van der Waals surface area contributed by atoms with Gasteiger partial charge in [-0.3, -0.25) is 4.57 Å². The number of fused-ring (bicyclic) bond motifs is 1. The number of anilines is 1. The predicted octanol–water partition coefficient (Wildman–Crippen LogP) is 3.19. The van der Waals surface area contributed by atoms with Gasteiger partial charge in [0.1, 0.15) is 11.3 Å². The molecule has 0 bridgehead atoms. The summed E-state index contributed by atoms with van der Waals surface area (Å²) in [6.07, 6.45) is 7.15. The van der Waals surface area contributed by atoms with Gasteiger partial charge < -0.3 is 10.7 Å². The Hall–Kier alpha value is -2.63. The Morgan fingerprint density at radius 1 is 1.08 bits per heavy atom. The molecule has 1 saturated carbocycles. The first-order valence-electron chi connectivity index (χ1n) is 9.02. The van der Waals surface area contributed by atoms with Crippen molar-refractivity contribution in [3.8, 4) is 0 Å². The highest BCUT2D eigenvalue weighted by Gasteiger charge is 2.21. The van der Waals surface area contributed by atoms with Crippen molar-refractivity contribution in [2.45, 2.75) is 51.0 Å². The fraction of sp³-hybridized carbons (Fsp3) is 0.421. The van der Waals surface area contributed by atoms with Gasteiger partial charge in [0.25, 0.3) is 0 Å². The first-order valence-corrected chi connectivity index (χ1v) is 9.02. The quantitative estimate of drug-likeness (QED) is 0.718. The van der Waals surface area contributed by atoms with E-state index in [4.69, 9.17) is 10.7 Å². The lowest BCUT2D eigenvalue weighted by Crippen LogP contribution is -2.18. The molecule has 2 aromatic heterocycles. The zero-order chi connectivity index (χ0) is 17.2. The summed E-state index contributed by atoms with van der Waals surface area (Å²) in [4.78, 5) is 24.5. The van der Waals surface area contributed by atoms with Crippen LogP contribution in [0.1, 0.15) is 55.8 Å². The molecule has 3 N–H and O–H groups in total. The highest BCUT2D eigenvalue weighted by Crippen LogP contribution is 2.31. The highest BCUT2D eigenvalue weighted by molar-refractivity contribution is 5.81. The SMILES string of the molecule is Nc1nc(C2CCCCCC2)nc2c1[nH]c(=O)n2Cc1ccccc1. The number of nitrogens with zero attached hydrogens (tertiary/aromatic N) is 3. The first-order chi connectivity index (χ1) is 12.2. The minimum Gasteiger partial charge on any atom is -0.382 e. The third kappa shape index (κ3) is 3.16. The molecule has 2 heterocycles. The molecule has 0 unspecified atom stereocenters. The largest absolute Gasteiger partial charge is 0.382 e. The van der Waals surface area contributed by atoms with Crippen molar-refractivity contribution in [3.63, 3.8) is 0 Å².